The lowest BCUT2D eigenvalue weighted by molar-refractivity contribution is -0.327. The van der Waals surface area contributed by atoms with Crippen LogP contribution in [0.3, 0.4) is 0 Å². The summed E-state index contributed by atoms with van der Waals surface area (Å²) in [7, 11) is 0. The maximum absolute atomic E-state index is 10.7. The Labute approximate surface area is 193 Å². The molecule has 2 aliphatic heterocycles. The molecule has 0 radical (unpaired) electrons. The topological polar surface area (TPSA) is 95.8 Å². The molecule has 8 heteroatoms. The molecule has 0 aliphatic carbocycles. The van der Waals surface area contributed by atoms with Gasteiger partial charge in [-0.05, 0) is 32.3 Å². The minimum absolute atomic E-state index is 0.339. The van der Waals surface area contributed by atoms with E-state index in [-0.39, 0.29) is 12.2 Å². The molecule has 0 aromatic carbocycles. The van der Waals surface area contributed by atoms with Gasteiger partial charge in [0, 0.05) is 19.8 Å². The van der Waals surface area contributed by atoms with Gasteiger partial charge in [-0.2, -0.15) is 0 Å². The molecule has 0 bridgehead atoms. The van der Waals surface area contributed by atoms with Crippen LogP contribution in [0.4, 0.5) is 0 Å². The molecule has 2 N–H and O–H groups in total. The van der Waals surface area contributed by atoms with E-state index in [2.05, 4.69) is 20.8 Å². The number of rotatable bonds is 15. The van der Waals surface area contributed by atoms with Gasteiger partial charge >= 0.3 is 0 Å². The first-order valence-electron chi connectivity index (χ1n) is 12.3. The second-order valence-corrected chi connectivity index (χ2v) is 8.60. The van der Waals surface area contributed by atoms with Crippen LogP contribution in [0.1, 0.15) is 66.2 Å². The van der Waals surface area contributed by atoms with Gasteiger partial charge in [0.15, 0.2) is 12.4 Å². The van der Waals surface area contributed by atoms with Crippen molar-refractivity contribution in [3.8, 4) is 0 Å². The zero-order valence-electron chi connectivity index (χ0n) is 20.2. The standard InChI is InChI=1S/C24H44O8/c1-5-8-12-27-16-19-22(18(11-15-29-19)28-13-9-6-2)32-24-23(30-14-10-7-3)21(26)20(25)17(4)31-24/h11,15,17-26H,5-10,12-14,16H2,1-4H3/t17?,18?,19?,20-,21?,22-,23?,24-/m0/s1. The predicted molar refractivity (Wildman–Crippen MR) is 120 cm³/mol. The molecule has 2 aliphatic rings. The molecule has 0 amide bonds. The zero-order valence-corrected chi connectivity index (χ0v) is 20.2. The average molecular weight is 461 g/mol. The summed E-state index contributed by atoms with van der Waals surface area (Å²) >= 11 is 0. The van der Waals surface area contributed by atoms with Crippen molar-refractivity contribution < 1.29 is 38.6 Å². The maximum Gasteiger partial charge on any atom is 0.187 e. The Kier molecular flexibility index (Phi) is 13.1. The molecule has 2 heterocycles. The highest BCUT2D eigenvalue weighted by Crippen LogP contribution is 2.29. The van der Waals surface area contributed by atoms with E-state index in [0.29, 0.717) is 26.4 Å². The minimum atomic E-state index is -1.11. The van der Waals surface area contributed by atoms with Gasteiger partial charge in [-0.1, -0.05) is 40.0 Å². The molecule has 0 aromatic rings. The number of unbranched alkanes of at least 4 members (excludes halogenated alkanes) is 3. The largest absolute Gasteiger partial charge is 0.493 e. The van der Waals surface area contributed by atoms with Crippen LogP contribution < -0.4 is 0 Å². The molecule has 0 spiro atoms. The van der Waals surface area contributed by atoms with Gasteiger partial charge in [0.1, 0.15) is 30.5 Å². The predicted octanol–water partition coefficient (Wildman–Crippen LogP) is 2.94. The van der Waals surface area contributed by atoms with E-state index < -0.39 is 36.8 Å². The third kappa shape index (κ3) is 8.24. The first-order valence-corrected chi connectivity index (χ1v) is 12.3. The van der Waals surface area contributed by atoms with Crippen LogP contribution in [0.2, 0.25) is 0 Å². The highest BCUT2D eigenvalue weighted by atomic mass is 16.7. The summed E-state index contributed by atoms with van der Waals surface area (Å²) in [6, 6.07) is 0. The normalized spacial score (nSPS) is 35.1. The molecule has 2 rings (SSSR count). The van der Waals surface area contributed by atoms with E-state index in [0.717, 1.165) is 38.5 Å². The van der Waals surface area contributed by atoms with Crippen LogP contribution in [0.5, 0.6) is 0 Å². The van der Waals surface area contributed by atoms with Crippen molar-refractivity contribution in [1.29, 1.82) is 0 Å². The minimum Gasteiger partial charge on any atom is -0.493 e. The monoisotopic (exact) mass is 460 g/mol. The molecule has 1 fully saturated rings. The van der Waals surface area contributed by atoms with Gasteiger partial charge in [-0.15, -0.1) is 0 Å². The van der Waals surface area contributed by atoms with Gasteiger partial charge in [0.2, 0.25) is 0 Å². The lowest BCUT2D eigenvalue weighted by atomic mass is 9.99. The van der Waals surface area contributed by atoms with Gasteiger partial charge in [0.25, 0.3) is 0 Å². The summed E-state index contributed by atoms with van der Waals surface area (Å²) in [5.74, 6) is 0. The smallest absolute Gasteiger partial charge is 0.187 e. The number of aliphatic hydroxyl groups is 2. The van der Waals surface area contributed by atoms with Crippen molar-refractivity contribution in [2.75, 3.05) is 26.4 Å². The number of ether oxygens (including phenoxy) is 6. The summed E-state index contributed by atoms with van der Waals surface area (Å²) in [6.45, 7) is 10.1. The SMILES string of the molecule is CCCCOCC1OC=CC(OCCCC)[C@@H]1O[C@@H]1OC(C)[C@H](O)C(O)C1OCCCC. The number of hydrogen-bond acceptors (Lipinski definition) is 8. The maximum atomic E-state index is 10.7. The number of aliphatic hydroxyl groups excluding tert-OH is 2. The van der Waals surface area contributed by atoms with Crippen LogP contribution in [0.15, 0.2) is 12.3 Å². The Morgan fingerprint density at radius 1 is 0.844 bits per heavy atom. The van der Waals surface area contributed by atoms with Crippen LogP contribution in [-0.4, -0.2) is 85.7 Å². The highest BCUT2D eigenvalue weighted by Gasteiger charge is 2.47. The van der Waals surface area contributed by atoms with Crippen LogP contribution in [0, 0.1) is 0 Å². The fourth-order valence-electron chi connectivity index (χ4n) is 3.69. The molecule has 0 saturated carbocycles. The van der Waals surface area contributed by atoms with Gasteiger partial charge in [0.05, 0.1) is 19.0 Å². The van der Waals surface area contributed by atoms with Crippen molar-refractivity contribution in [3.63, 3.8) is 0 Å². The van der Waals surface area contributed by atoms with E-state index in [9.17, 15) is 10.2 Å². The Bertz CT molecular complexity index is 516. The van der Waals surface area contributed by atoms with Crippen molar-refractivity contribution in [1.82, 2.24) is 0 Å². The Hall–Kier alpha value is -0.740. The third-order valence-corrected chi connectivity index (χ3v) is 5.83. The summed E-state index contributed by atoms with van der Waals surface area (Å²) in [5.41, 5.74) is 0. The van der Waals surface area contributed by atoms with Crippen molar-refractivity contribution >= 4 is 0 Å². The molecule has 188 valence electrons. The van der Waals surface area contributed by atoms with Crippen molar-refractivity contribution in [2.45, 2.75) is 115 Å². The molecular weight excluding hydrogens is 416 g/mol. The fraction of sp³-hybridized carbons (Fsp3) is 0.917. The van der Waals surface area contributed by atoms with Crippen LogP contribution >= 0.6 is 0 Å². The second-order valence-electron chi connectivity index (χ2n) is 8.60. The summed E-state index contributed by atoms with van der Waals surface area (Å²) in [6.07, 6.45) is 3.63. The van der Waals surface area contributed by atoms with E-state index in [1.807, 2.05) is 6.08 Å². The van der Waals surface area contributed by atoms with E-state index >= 15 is 0 Å². The van der Waals surface area contributed by atoms with Crippen molar-refractivity contribution in [3.05, 3.63) is 12.3 Å². The Morgan fingerprint density at radius 2 is 1.50 bits per heavy atom. The van der Waals surface area contributed by atoms with E-state index in [1.165, 1.54) is 0 Å². The highest BCUT2D eigenvalue weighted by molar-refractivity contribution is 5.00. The average Bonchev–Trinajstić information content (AvgIpc) is 2.79. The molecule has 32 heavy (non-hydrogen) atoms. The third-order valence-electron chi connectivity index (χ3n) is 5.83. The lowest BCUT2D eigenvalue weighted by Crippen LogP contribution is -2.60. The van der Waals surface area contributed by atoms with Crippen LogP contribution in [0.25, 0.3) is 0 Å². The zero-order chi connectivity index (χ0) is 23.3. The Balaban J connectivity index is 2.13. The summed E-state index contributed by atoms with van der Waals surface area (Å²) < 4.78 is 36.0. The molecule has 5 unspecified atom stereocenters. The Morgan fingerprint density at radius 3 is 2.19 bits per heavy atom. The van der Waals surface area contributed by atoms with Crippen LogP contribution in [-0.2, 0) is 28.4 Å². The summed E-state index contributed by atoms with van der Waals surface area (Å²) in [5, 5.41) is 21.0. The first-order chi connectivity index (χ1) is 15.5. The molecule has 8 nitrogen and oxygen atoms in total. The second kappa shape index (κ2) is 15.2. The van der Waals surface area contributed by atoms with E-state index in [4.69, 9.17) is 28.4 Å². The molecule has 8 atom stereocenters. The quantitative estimate of drug-likeness (QED) is 0.360. The molecular formula is C24H44O8. The van der Waals surface area contributed by atoms with Gasteiger partial charge in [-0.3, -0.25) is 0 Å². The van der Waals surface area contributed by atoms with E-state index in [1.54, 1.807) is 13.2 Å². The summed E-state index contributed by atoms with van der Waals surface area (Å²) in [4.78, 5) is 0. The molecule has 0 aromatic heterocycles. The van der Waals surface area contributed by atoms with Gasteiger partial charge in [-0.25, -0.2) is 0 Å². The number of hydrogen-bond donors (Lipinski definition) is 2. The molecule has 1 saturated heterocycles. The van der Waals surface area contributed by atoms with Gasteiger partial charge < -0.3 is 38.6 Å². The fourth-order valence-corrected chi connectivity index (χ4v) is 3.69. The van der Waals surface area contributed by atoms with Crippen molar-refractivity contribution in [2.24, 2.45) is 0 Å². The first kappa shape index (κ1) is 27.5. The lowest BCUT2D eigenvalue weighted by Gasteiger charge is -2.44.